The van der Waals surface area contributed by atoms with Crippen LogP contribution in [0.1, 0.15) is 22.5 Å². The molecular formula is C11H12N4O4. The van der Waals surface area contributed by atoms with Crippen molar-refractivity contribution in [1.82, 2.24) is 20.2 Å². The molecule has 1 atom stereocenters. The van der Waals surface area contributed by atoms with Gasteiger partial charge in [-0.25, -0.2) is 14.8 Å². The van der Waals surface area contributed by atoms with Crippen molar-refractivity contribution < 1.29 is 19.5 Å². The van der Waals surface area contributed by atoms with Crippen LogP contribution in [-0.4, -0.2) is 50.8 Å². The number of carboxylic acids is 1. The normalized spacial score (nSPS) is 19.0. The molecule has 0 aliphatic carbocycles. The lowest BCUT2D eigenvalue weighted by Crippen LogP contribution is -2.37. The molecule has 0 bridgehead atoms. The molecule has 1 aromatic heterocycles. The number of hydrogen-bond donors (Lipinski definition) is 2. The minimum Gasteiger partial charge on any atom is -0.478 e. The van der Waals surface area contributed by atoms with Gasteiger partial charge < -0.3 is 5.11 Å². The molecule has 19 heavy (non-hydrogen) atoms. The molecule has 1 saturated heterocycles. The van der Waals surface area contributed by atoms with Gasteiger partial charge in [-0.05, 0) is 0 Å². The number of hydrogen-bond acceptors (Lipinski definition) is 6. The zero-order chi connectivity index (χ0) is 14.0. The van der Waals surface area contributed by atoms with Gasteiger partial charge in [0.15, 0.2) is 0 Å². The van der Waals surface area contributed by atoms with Crippen molar-refractivity contribution >= 4 is 17.8 Å². The molecule has 1 aromatic rings. The van der Waals surface area contributed by atoms with E-state index >= 15 is 0 Å². The summed E-state index contributed by atoms with van der Waals surface area (Å²) in [4.78, 5) is 42.5. The van der Waals surface area contributed by atoms with Crippen LogP contribution < -0.4 is 5.32 Å². The van der Waals surface area contributed by atoms with Crippen LogP contribution in [0.3, 0.4) is 0 Å². The van der Waals surface area contributed by atoms with Crippen LogP contribution in [0, 0.1) is 0 Å². The molecule has 1 unspecified atom stereocenters. The average molecular weight is 264 g/mol. The second kappa shape index (κ2) is 5.11. The number of amides is 2. The molecule has 2 N–H and O–H groups in total. The standard InChI is InChI=1S/C11H12N4O4/c1-15-9(16)2-7(10(15)17)13-4-8-6(11(18)19)3-12-5-14-8/h3,5,7,13H,2,4H2,1H3,(H,18,19). The minimum atomic E-state index is -1.14. The van der Waals surface area contributed by atoms with Gasteiger partial charge in [0.05, 0.1) is 18.2 Å². The summed E-state index contributed by atoms with van der Waals surface area (Å²) in [7, 11) is 1.42. The molecule has 0 spiro atoms. The number of nitrogens with zero attached hydrogens (tertiary/aromatic N) is 3. The molecule has 2 amide bonds. The fraction of sp³-hybridized carbons (Fsp3) is 0.364. The summed E-state index contributed by atoms with van der Waals surface area (Å²) in [6.07, 6.45) is 2.50. The molecule has 1 fully saturated rings. The molecule has 1 aliphatic rings. The summed E-state index contributed by atoms with van der Waals surface area (Å²) < 4.78 is 0. The molecule has 0 aromatic carbocycles. The summed E-state index contributed by atoms with van der Waals surface area (Å²) >= 11 is 0. The second-order valence-corrected chi connectivity index (χ2v) is 4.12. The smallest absolute Gasteiger partial charge is 0.339 e. The van der Waals surface area contributed by atoms with E-state index in [9.17, 15) is 14.4 Å². The number of carbonyl (C=O) groups excluding carboxylic acids is 2. The molecule has 8 heteroatoms. The first-order valence-electron chi connectivity index (χ1n) is 5.56. The van der Waals surface area contributed by atoms with E-state index in [1.165, 1.54) is 19.6 Å². The first kappa shape index (κ1) is 13.1. The van der Waals surface area contributed by atoms with E-state index in [0.717, 1.165) is 4.90 Å². The highest BCUT2D eigenvalue weighted by Crippen LogP contribution is 2.12. The molecule has 2 heterocycles. The Balaban J connectivity index is 2.06. The number of imide groups is 1. The monoisotopic (exact) mass is 264 g/mol. The third-order valence-corrected chi connectivity index (χ3v) is 2.92. The number of aromatic carboxylic acids is 1. The van der Waals surface area contributed by atoms with Gasteiger partial charge in [-0.3, -0.25) is 19.8 Å². The predicted octanol–water partition coefficient (Wildman–Crippen LogP) is -0.978. The Morgan fingerprint density at radius 1 is 1.58 bits per heavy atom. The van der Waals surface area contributed by atoms with Crippen LogP contribution in [-0.2, 0) is 16.1 Å². The third kappa shape index (κ3) is 2.58. The van der Waals surface area contributed by atoms with E-state index in [4.69, 9.17) is 5.11 Å². The highest BCUT2D eigenvalue weighted by molar-refractivity contribution is 6.05. The summed E-state index contributed by atoms with van der Waals surface area (Å²) in [5.41, 5.74) is 0.248. The van der Waals surface area contributed by atoms with E-state index in [0.29, 0.717) is 0 Å². The van der Waals surface area contributed by atoms with Crippen molar-refractivity contribution in [2.24, 2.45) is 0 Å². The molecule has 100 valence electrons. The van der Waals surface area contributed by atoms with Crippen LogP contribution >= 0.6 is 0 Å². The Kier molecular flexibility index (Phi) is 3.52. The maximum Gasteiger partial charge on any atom is 0.339 e. The number of aromatic nitrogens is 2. The lowest BCUT2D eigenvalue weighted by molar-refractivity contribution is -0.137. The summed E-state index contributed by atoms with van der Waals surface area (Å²) in [6, 6.07) is -0.630. The summed E-state index contributed by atoms with van der Waals surface area (Å²) in [5, 5.41) is 11.8. The van der Waals surface area contributed by atoms with Crippen molar-refractivity contribution in [2.75, 3.05) is 7.05 Å². The Labute approximate surface area is 108 Å². The van der Waals surface area contributed by atoms with E-state index in [1.807, 2.05) is 0 Å². The average Bonchev–Trinajstić information content (AvgIpc) is 2.64. The zero-order valence-corrected chi connectivity index (χ0v) is 10.2. The van der Waals surface area contributed by atoms with Crippen LogP contribution in [0.25, 0.3) is 0 Å². The van der Waals surface area contributed by atoms with Crippen LogP contribution in [0.4, 0.5) is 0 Å². The van der Waals surface area contributed by atoms with Crippen LogP contribution in [0.15, 0.2) is 12.5 Å². The van der Waals surface area contributed by atoms with E-state index in [2.05, 4.69) is 15.3 Å². The van der Waals surface area contributed by atoms with Gasteiger partial charge in [-0.15, -0.1) is 0 Å². The van der Waals surface area contributed by atoms with Gasteiger partial charge in [0.25, 0.3) is 0 Å². The highest BCUT2D eigenvalue weighted by atomic mass is 16.4. The van der Waals surface area contributed by atoms with Gasteiger partial charge in [0, 0.05) is 19.8 Å². The Morgan fingerprint density at radius 3 is 2.89 bits per heavy atom. The molecule has 1 aliphatic heterocycles. The third-order valence-electron chi connectivity index (χ3n) is 2.92. The van der Waals surface area contributed by atoms with E-state index < -0.39 is 12.0 Å². The number of rotatable bonds is 4. The fourth-order valence-electron chi connectivity index (χ4n) is 1.81. The molecule has 0 saturated carbocycles. The SMILES string of the molecule is CN1C(=O)CC(NCc2ncncc2C(=O)O)C1=O. The number of carbonyl (C=O) groups is 3. The van der Waals surface area contributed by atoms with Crippen molar-refractivity contribution in [3.05, 3.63) is 23.8 Å². The second-order valence-electron chi connectivity index (χ2n) is 4.12. The maximum atomic E-state index is 11.6. The topological polar surface area (TPSA) is 112 Å². The summed E-state index contributed by atoms with van der Waals surface area (Å²) in [5.74, 6) is -1.72. The highest BCUT2D eigenvalue weighted by Gasteiger charge is 2.35. The van der Waals surface area contributed by atoms with E-state index in [-0.39, 0.29) is 36.0 Å². The van der Waals surface area contributed by atoms with Crippen molar-refractivity contribution in [3.63, 3.8) is 0 Å². The van der Waals surface area contributed by atoms with Crippen LogP contribution in [0.5, 0.6) is 0 Å². The lowest BCUT2D eigenvalue weighted by Gasteiger charge is -2.11. The molecule has 0 radical (unpaired) electrons. The van der Waals surface area contributed by atoms with Crippen LogP contribution in [0.2, 0.25) is 0 Å². The van der Waals surface area contributed by atoms with E-state index in [1.54, 1.807) is 0 Å². The first-order valence-corrected chi connectivity index (χ1v) is 5.56. The Bertz CT molecular complexity index is 545. The van der Waals surface area contributed by atoms with Gasteiger partial charge in [-0.2, -0.15) is 0 Å². The van der Waals surface area contributed by atoms with Crippen molar-refractivity contribution in [2.45, 2.75) is 19.0 Å². The van der Waals surface area contributed by atoms with Gasteiger partial charge in [0.2, 0.25) is 11.8 Å². The maximum absolute atomic E-state index is 11.6. The largest absolute Gasteiger partial charge is 0.478 e. The fourth-order valence-corrected chi connectivity index (χ4v) is 1.81. The number of likely N-dealkylation sites (tertiary alicyclic amines) is 1. The Morgan fingerprint density at radius 2 is 2.32 bits per heavy atom. The number of carboxylic acid groups (broad SMARTS) is 1. The van der Waals surface area contributed by atoms with Gasteiger partial charge >= 0.3 is 5.97 Å². The van der Waals surface area contributed by atoms with Gasteiger partial charge in [0.1, 0.15) is 11.9 Å². The van der Waals surface area contributed by atoms with Gasteiger partial charge in [-0.1, -0.05) is 0 Å². The van der Waals surface area contributed by atoms with Crippen molar-refractivity contribution in [1.29, 1.82) is 0 Å². The quantitative estimate of drug-likeness (QED) is 0.672. The van der Waals surface area contributed by atoms with Crippen molar-refractivity contribution in [3.8, 4) is 0 Å². The zero-order valence-electron chi connectivity index (χ0n) is 10.2. The summed E-state index contributed by atoms with van der Waals surface area (Å²) in [6.45, 7) is 0.0850. The predicted molar refractivity (Wildman–Crippen MR) is 62.0 cm³/mol. The molecule has 8 nitrogen and oxygen atoms in total. The Hall–Kier alpha value is -2.35. The minimum absolute atomic E-state index is 0.0277. The molecule has 2 rings (SSSR count). The molecular weight excluding hydrogens is 252 g/mol. The first-order chi connectivity index (χ1) is 9.00. The number of nitrogens with one attached hydrogen (secondary N) is 1. The number of likely N-dealkylation sites (N-methyl/N-ethyl adjacent to an activating group) is 1. The lowest BCUT2D eigenvalue weighted by atomic mass is 10.2.